The van der Waals surface area contributed by atoms with Gasteiger partial charge in [0.15, 0.2) is 0 Å². The zero-order valence-corrected chi connectivity index (χ0v) is 14.3. The van der Waals surface area contributed by atoms with Gasteiger partial charge in [-0.1, -0.05) is 12.1 Å². The Hall–Kier alpha value is -2.60. The van der Waals surface area contributed by atoms with Crippen LogP contribution in [0.15, 0.2) is 48.5 Å². The molecule has 3 rings (SSSR count). The van der Waals surface area contributed by atoms with Gasteiger partial charge in [-0.05, 0) is 36.4 Å². The molecule has 0 aliphatic heterocycles. The molecule has 0 saturated heterocycles. The Morgan fingerprint density at radius 2 is 1.96 bits per heavy atom. The first-order valence-corrected chi connectivity index (χ1v) is 8.49. The molecule has 0 aliphatic rings. The normalized spacial score (nSPS) is 10.7. The van der Waals surface area contributed by atoms with Crippen LogP contribution in [0, 0.1) is 0 Å². The van der Waals surface area contributed by atoms with Crippen LogP contribution in [0.2, 0.25) is 0 Å². The van der Waals surface area contributed by atoms with E-state index in [1.165, 1.54) is 0 Å². The molecule has 6 heteroatoms. The van der Waals surface area contributed by atoms with Crippen molar-refractivity contribution in [1.82, 2.24) is 4.98 Å². The lowest BCUT2D eigenvalue weighted by Gasteiger charge is -2.23. The third kappa shape index (κ3) is 3.83. The number of fused-ring (bicyclic) bond motifs is 1. The van der Waals surface area contributed by atoms with Gasteiger partial charge in [0.2, 0.25) is 5.91 Å². The van der Waals surface area contributed by atoms with Crippen molar-refractivity contribution in [2.24, 2.45) is 5.73 Å². The second-order valence-corrected chi connectivity index (χ2v) is 6.53. The number of para-hydroxylation sites is 1. The summed E-state index contributed by atoms with van der Waals surface area (Å²) in [6.45, 7) is 1.19. The van der Waals surface area contributed by atoms with Gasteiger partial charge in [-0.3, -0.25) is 4.79 Å². The zero-order valence-electron chi connectivity index (χ0n) is 13.4. The third-order valence-corrected chi connectivity index (χ3v) is 4.75. The van der Waals surface area contributed by atoms with E-state index in [0.717, 1.165) is 26.7 Å². The molecule has 0 atom stereocenters. The molecule has 0 saturated carbocycles. The highest BCUT2D eigenvalue weighted by molar-refractivity contribution is 7.18. The smallest absolute Gasteiger partial charge is 0.219 e. The van der Waals surface area contributed by atoms with Crippen molar-refractivity contribution in [3.63, 3.8) is 0 Å². The molecule has 0 radical (unpaired) electrons. The van der Waals surface area contributed by atoms with E-state index in [1.54, 1.807) is 18.4 Å². The lowest BCUT2D eigenvalue weighted by atomic mass is 10.2. The summed E-state index contributed by atoms with van der Waals surface area (Å²) in [4.78, 5) is 18.0. The van der Waals surface area contributed by atoms with Crippen LogP contribution >= 0.6 is 11.3 Å². The molecule has 0 unspecified atom stereocenters. The molecule has 0 spiro atoms. The number of thiazole rings is 1. The molecule has 1 aromatic heterocycles. The van der Waals surface area contributed by atoms with E-state index in [0.29, 0.717) is 19.5 Å². The number of benzene rings is 2. The number of carbonyl (C=O) groups is 1. The number of hydrogen-bond donors (Lipinski definition) is 1. The van der Waals surface area contributed by atoms with Crippen LogP contribution < -0.4 is 15.4 Å². The fraction of sp³-hybridized carbons (Fsp3) is 0.222. The van der Waals surface area contributed by atoms with E-state index >= 15 is 0 Å². The average Bonchev–Trinajstić information content (AvgIpc) is 3.01. The maximum Gasteiger partial charge on any atom is 0.219 e. The quantitative estimate of drug-likeness (QED) is 0.716. The van der Waals surface area contributed by atoms with Gasteiger partial charge in [-0.2, -0.15) is 0 Å². The molecule has 1 amide bonds. The van der Waals surface area contributed by atoms with Crippen LogP contribution in [-0.4, -0.2) is 24.5 Å². The average molecular weight is 341 g/mol. The minimum atomic E-state index is -0.308. The van der Waals surface area contributed by atoms with Gasteiger partial charge in [0.25, 0.3) is 0 Å². The van der Waals surface area contributed by atoms with E-state index in [-0.39, 0.29) is 5.91 Å². The van der Waals surface area contributed by atoms with E-state index < -0.39 is 0 Å². The molecule has 2 aromatic carbocycles. The van der Waals surface area contributed by atoms with Crippen LogP contribution in [0.4, 0.5) is 5.69 Å². The van der Waals surface area contributed by atoms with Gasteiger partial charge in [0.05, 0.1) is 23.9 Å². The number of nitrogens with two attached hydrogens (primary N) is 1. The van der Waals surface area contributed by atoms with E-state index in [1.807, 2.05) is 42.5 Å². The molecule has 1 heterocycles. The minimum absolute atomic E-state index is 0.303. The Morgan fingerprint density at radius 1 is 1.21 bits per heavy atom. The van der Waals surface area contributed by atoms with Gasteiger partial charge >= 0.3 is 0 Å². The van der Waals surface area contributed by atoms with Crippen LogP contribution in [0.1, 0.15) is 11.4 Å². The molecule has 2 N–H and O–H groups in total. The number of anilines is 1. The second-order valence-electron chi connectivity index (χ2n) is 5.41. The first-order valence-electron chi connectivity index (χ1n) is 7.67. The van der Waals surface area contributed by atoms with Gasteiger partial charge < -0.3 is 15.4 Å². The van der Waals surface area contributed by atoms with Crippen LogP contribution in [0.25, 0.3) is 10.2 Å². The van der Waals surface area contributed by atoms with E-state index in [4.69, 9.17) is 10.5 Å². The molecule has 5 nitrogen and oxygen atoms in total. The first kappa shape index (κ1) is 16.3. The summed E-state index contributed by atoms with van der Waals surface area (Å²) in [5.74, 6) is 0.492. The molecule has 124 valence electrons. The predicted molar refractivity (Wildman–Crippen MR) is 97.5 cm³/mol. The van der Waals surface area contributed by atoms with Crippen molar-refractivity contribution in [1.29, 1.82) is 0 Å². The highest BCUT2D eigenvalue weighted by Crippen LogP contribution is 2.26. The number of nitrogens with zero attached hydrogens (tertiary/aromatic N) is 2. The molecular formula is C18H19N3O2S. The number of aromatic nitrogens is 1. The van der Waals surface area contributed by atoms with E-state index in [9.17, 15) is 4.79 Å². The number of ether oxygens (including phenoxy) is 1. The Morgan fingerprint density at radius 3 is 2.62 bits per heavy atom. The van der Waals surface area contributed by atoms with Crippen molar-refractivity contribution < 1.29 is 9.53 Å². The zero-order chi connectivity index (χ0) is 16.9. The molecule has 0 aliphatic carbocycles. The number of carbonyl (C=O) groups excluding carboxylic acids is 1. The lowest BCUT2D eigenvalue weighted by Crippen LogP contribution is -2.27. The van der Waals surface area contributed by atoms with Crippen molar-refractivity contribution in [3.8, 4) is 5.75 Å². The second kappa shape index (κ2) is 7.31. The Labute approximate surface area is 144 Å². The largest absolute Gasteiger partial charge is 0.497 e. The summed E-state index contributed by atoms with van der Waals surface area (Å²) in [6.07, 6.45) is 0.303. The first-order chi connectivity index (χ1) is 11.7. The van der Waals surface area contributed by atoms with Gasteiger partial charge in [0.1, 0.15) is 10.8 Å². The van der Waals surface area contributed by atoms with Crippen molar-refractivity contribution >= 4 is 33.1 Å². The summed E-state index contributed by atoms with van der Waals surface area (Å²) < 4.78 is 6.37. The fourth-order valence-electron chi connectivity index (χ4n) is 2.49. The Kier molecular flexibility index (Phi) is 4.96. The summed E-state index contributed by atoms with van der Waals surface area (Å²) in [5.41, 5.74) is 7.33. The monoisotopic (exact) mass is 341 g/mol. The Balaban J connectivity index is 1.83. The predicted octanol–water partition coefficient (Wildman–Crippen LogP) is 3.19. The van der Waals surface area contributed by atoms with Crippen molar-refractivity contribution in [3.05, 3.63) is 53.5 Å². The number of primary amides is 1. The summed E-state index contributed by atoms with van der Waals surface area (Å²) in [7, 11) is 1.64. The number of hydrogen-bond acceptors (Lipinski definition) is 5. The van der Waals surface area contributed by atoms with Gasteiger partial charge in [0, 0.05) is 18.7 Å². The number of methoxy groups -OCH3 is 1. The van der Waals surface area contributed by atoms with Crippen LogP contribution in [-0.2, 0) is 11.3 Å². The van der Waals surface area contributed by atoms with Gasteiger partial charge in [-0.15, -0.1) is 11.3 Å². The molecule has 0 fully saturated rings. The topological polar surface area (TPSA) is 68.5 Å². The van der Waals surface area contributed by atoms with Crippen LogP contribution in [0.3, 0.4) is 0 Å². The minimum Gasteiger partial charge on any atom is -0.497 e. The van der Waals surface area contributed by atoms with Gasteiger partial charge in [-0.25, -0.2) is 4.98 Å². The lowest BCUT2D eigenvalue weighted by molar-refractivity contribution is -0.117. The molecule has 3 aromatic rings. The molecular weight excluding hydrogens is 322 g/mol. The highest BCUT2D eigenvalue weighted by Gasteiger charge is 2.12. The summed E-state index contributed by atoms with van der Waals surface area (Å²) in [5, 5.41) is 1.01. The van der Waals surface area contributed by atoms with E-state index in [2.05, 4.69) is 16.0 Å². The fourth-order valence-corrected chi connectivity index (χ4v) is 3.47. The maximum atomic E-state index is 11.2. The molecule has 24 heavy (non-hydrogen) atoms. The number of rotatable bonds is 7. The SMILES string of the molecule is COc1ccc(N(CCC(N)=O)Cc2nc3ccccc3s2)cc1. The standard InChI is InChI=1S/C18H19N3O2S/c1-23-14-8-6-13(7-9-14)21(11-10-17(19)22)12-18-20-15-4-2-3-5-16(15)24-18/h2-9H,10-12H2,1H3,(H2,19,22). The Bertz CT molecular complexity index is 797. The highest BCUT2D eigenvalue weighted by atomic mass is 32.1. The van der Waals surface area contributed by atoms with Crippen molar-refractivity contribution in [2.75, 3.05) is 18.6 Å². The van der Waals surface area contributed by atoms with Crippen LogP contribution in [0.5, 0.6) is 5.75 Å². The number of amides is 1. The third-order valence-electron chi connectivity index (χ3n) is 3.73. The molecule has 0 bridgehead atoms. The van der Waals surface area contributed by atoms with Crippen molar-refractivity contribution in [2.45, 2.75) is 13.0 Å². The summed E-state index contributed by atoms with van der Waals surface area (Å²) in [6, 6.07) is 15.9. The summed E-state index contributed by atoms with van der Waals surface area (Å²) >= 11 is 1.67. The maximum absolute atomic E-state index is 11.2.